The lowest BCUT2D eigenvalue weighted by atomic mass is 10.4. The Balaban J connectivity index is 4.30. The third kappa shape index (κ3) is 1.56. The molecule has 0 amide bonds. The van der Waals surface area contributed by atoms with E-state index in [4.69, 9.17) is 9.47 Å². The van der Waals surface area contributed by atoms with Crippen LogP contribution in [0.5, 0.6) is 0 Å². The molecule has 3 nitrogen and oxygen atoms in total. The SMILES string of the molecule is C=CC(OC)(OC)N(C)C. The van der Waals surface area contributed by atoms with Gasteiger partial charge in [-0.05, 0) is 20.2 Å². The van der Waals surface area contributed by atoms with Gasteiger partial charge in [0.05, 0.1) is 0 Å². The summed E-state index contributed by atoms with van der Waals surface area (Å²) in [5.74, 6) is -0.778. The van der Waals surface area contributed by atoms with E-state index in [2.05, 4.69) is 6.58 Å². The zero-order valence-corrected chi connectivity index (χ0v) is 7.05. The molecule has 0 spiro atoms. The van der Waals surface area contributed by atoms with Gasteiger partial charge in [-0.1, -0.05) is 6.58 Å². The zero-order chi connectivity index (χ0) is 8.20. The molecule has 0 radical (unpaired) electrons. The molecule has 0 bridgehead atoms. The molecular weight excluding hydrogens is 130 g/mol. The van der Waals surface area contributed by atoms with Crippen LogP contribution in [0.2, 0.25) is 0 Å². The third-order valence-corrected chi connectivity index (χ3v) is 1.47. The molecule has 0 aromatic carbocycles. The average molecular weight is 145 g/mol. The lowest BCUT2D eigenvalue weighted by molar-refractivity contribution is -0.247. The Morgan fingerprint density at radius 2 is 1.70 bits per heavy atom. The lowest BCUT2D eigenvalue weighted by Crippen LogP contribution is -2.45. The minimum Gasteiger partial charge on any atom is -0.337 e. The van der Waals surface area contributed by atoms with Crippen molar-refractivity contribution >= 4 is 0 Å². The highest BCUT2D eigenvalue weighted by Crippen LogP contribution is 2.14. The predicted molar refractivity (Wildman–Crippen MR) is 40.6 cm³/mol. The largest absolute Gasteiger partial charge is 0.337 e. The van der Waals surface area contributed by atoms with Gasteiger partial charge in [0.15, 0.2) is 0 Å². The van der Waals surface area contributed by atoms with Gasteiger partial charge in [0.2, 0.25) is 5.91 Å². The van der Waals surface area contributed by atoms with Crippen LogP contribution in [-0.2, 0) is 9.47 Å². The van der Waals surface area contributed by atoms with Crippen LogP contribution in [0.15, 0.2) is 12.7 Å². The summed E-state index contributed by atoms with van der Waals surface area (Å²) in [7, 11) is 6.86. The van der Waals surface area contributed by atoms with Crippen molar-refractivity contribution in [2.45, 2.75) is 5.91 Å². The van der Waals surface area contributed by atoms with E-state index in [1.165, 1.54) is 0 Å². The molecule has 0 saturated heterocycles. The highest BCUT2D eigenvalue weighted by Gasteiger charge is 2.27. The first kappa shape index (κ1) is 9.62. The fourth-order valence-corrected chi connectivity index (χ4v) is 0.798. The van der Waals surface area contributed by atoms with Crippen LogP contribution < -0.4 is 0 Å². The lowest BCUT2D eigenvalue weighted by Gasteiger charge is -2.33. The molecule has 0 rings (SSSR count). The number of ether oxygens (including phenoxy) is 2. The standard InChI is InChI=1S/C7H15NO2/c1-6-7(9-4,10-5)8(2)3/h6H,1H2,2-5H3. The van der Waals surface area contributed by atoms with Crippen molar-refractivity contribution in [3.8, 4) is 0 Å². The molecule has 0 heterocycles. The first-order valence-corrected chi connectivity index (χ1v) is 3.04. The van der Waals surface area contributed by atoms with Gasteiger partial charge in [0.1, 0.15) is 0 Å². The van der Waals surface area contributed by atoms with Crippen LogP contribution in [0.4, 0.5) is 0 Å². The minimum atomic E-state index is -0.778. The number of hydrogen-bond acceptors (Lipinski definition) is 3. The molecule has 60 valence electrons. The summed E-state index contributed by atoms with van der Waals surface area (Å²) < 4.78 is 10.2. The molecule has 0 saturated carbocycles. The number of methoxy groups -OCH3 is 2. The number of likely N-dealkylation sites (N-methyl/N-ethyl adjacent to an activating group) is 1. The van der Waals surface area contributed by atoms with E-state index in [-0.39, 0.29) is 0 Å². The second-order valence-electron chi connectivity index (χ2n) is 2.14. The van der Waals surface area contributed by atoms with E-state index in [1.54, 1.807) is 25.2 Å². The first-order valence-electron chi connectivity index (χ1n) is 3.04. The van der Waals surface area contributed by atoms with Crippen molar-refractivity contribution in [3.05, 3.63) is 12.7 Å². The van der Waals surface area contributed by atoms with Crippen molar-refractivity contribution in [1.82, 2.24) is 4.90 Å². The molecular formula is C7H15NO2. The zero-order valence-electron chi connectivity index (χ0n) is 7.05. The molecule has 0 atom stereocenters. The molecule has 0 aromatic heterocycles. The summed E-state index contributed by atoms with van der Waals surface area (Å²) in [6, 6.07) is 0. The van der Waals surface area contributed by atoms with Gasteiger partial charge in [-0.15, -0.1) is 0 Å². The highest BCUT2D eigenvalue weighted by atomic mass is 16.7. The third-order valence-electron chi connectivity index (χ3n) is 1.47. The second-order valence-corrected chi connectivity index (χ2v) is 2.14. The Morgan fingerprint density at radius 1 is 1.30 bits per heavy atom. The summed E-state index contributed by atoms with van der Waals surface area (Å²) in [5.41, 5.74) is 0. The molecule has 0 aromatic rings. The molecule has 0 unspecified atom stereocenters. The van der Waals surface area contributed by atoms with Crippen molar-refractivity contribution < 1.29 is 9.47 Å². The quantitative estimate of drug-likeness (QED) is 0.429. The maximum Gasteiger partial charge on any atom is 0.249 e. The number of hydrogen-bond donors (Lipinski definition) is 0. The van der Waals surface area contributed by atoms with E-state index in [0.29, 0.717) is 0 Å². The molecule has 3 heteroatoms. The molecule has 0 aliphatic rings. The van der Waals surface area contributed by atoms with Crippen LogP contribution in [0, 0.1) is 0 Å². The molecule has 0 aliphatic heterocycles. The topological polar surface area (TPSA) is 21.7 Å². The summed E-state index contributed by atoms with van der Waals surface area (Å²) in [6.45, 7) is 3.60. The smallest absolute Gasteiger partial charge is 0.249 e. The van der Waals surface area contributed by atoms with Gasteiger partial charge < -0.3 is 9.47 Å². The van der Waals surface area contributed by atoms with Crippen LogP contribution in [0.3, 0.4) is 0 Å². The Bertz CT molecular complexity index is 108. The number of rotatable bonds is 4. The van der Waals surface area contributed by atoms with Gasteiger partial charge in [-0.3, -0.25) is 4.90 Å². The maximum absolute atomic E-state index is 5.08. The van der Waals surface area contributed by atoms with Crippen LogP contribution in [-0.4, -0.2) is 39.1 Å². The Labute approximate surface area is 62.2 Å². The van der Waals surface area contributed by atoms with E-state index < -0.39 is 5.91 Å². The molecule has 0 N–H and O–H groups in total. The van der Waals surface area contributed by atoms with Gasteiger partial charge in [-0.25, -0.2) is 0 Å². The van der Waals surface area contributed by atoms with Crippen LogP contribution >= 0.6 is 0 Å². The van der Waals surface area contributed by atoms with Gasteiger partial charge >= 0.3 is 0 Å². The minimum absolute atomic E-state index is 0.778. The van der Waals surface area contributed by atoms with E-state index in [1.807, 2.05) is 14.1 Å². The van der Waals surface area contributed by atoms with Crippen molar-refractivity contribution in [1.29, 1.82) is 0 Å². The Kier molecular flexibility index (Phi) is 3.57. The van der Waals surface area contributed by atoms with Crippen LogP contribution in [0.1, 0.15) is 0 Å². The second kappa shape index (κ2) is 3.71. The van der Waals surface area contributed by atoms with Crippen molar-refractivity contribution in [3.63, 3.8) is 0 Å². The summed E-state index contributed by atoms with van der Waals surface area (Å²) in [4.78, 5) is 1.79. The fraction of sp³-hybridized carbons (Fsp3) is 0.714. The van der Waals surface area contributed by atoms with Crippen molar-refractivity contribution in [2.24, 2.45) is 0 Å². The summed E-state index contributed by atoms with van der Waals surface area (Å²) in [5, 5.41) is 0. The fourth-order valence-electron chi connectivity index (χ4n) is 0.798. The normalized spacial score (nSPS) is 12.1. The van der Waals surface area contributed by atoms with Gasteiger partial charge in [0.25, 0.3) is 0 Å². The highest BCUT2D eigenvalue weighted by molar-refractivity contribution is 4.86. The summed E-state index contributed by atoms with van der Waals surface area (Å²) >= 11 is 0. The maximum atomic E-state index is 5.08. The van der Waals surface area contributed by atoms with Gasteiger partial charge in [0, 0.05) is 14.2 Å². The van der Waals surface area contributed by atoms with E-state index in [9.17, 15) is 0 Å². The number of nitrogens with zero attached hydrogens (tertiary/aromatic N) is 1. The summed E-state index contributed by atoms with van der Waals surface area (Å²) in [6.07, 6.45) is 1.60. The monoisotopic (exact) mass is 145 g/mol. The van der Waals surface area contributed by atoms with Crippen molar-refractivity contribution in [2.75, 3.05) is 28.3 Å². The average Bonchev–Trinajstić information content (AvgIpc) is 1.92. The molecule has 0 fully saturated rings. The molecule has 0 aliphatic carbocycles. The Morgan fingerprint density at radius 3 is 1.70 bits per heavy atom. The van der Waals surface area contributed by atoms with Gasteiger partial charge in [-0.2, -0.15) is 0 Å². The predicted octanol–water partition coefficient (Wildman–Crippen LogP) is 0.681. The molecule has 10 heavy (non-hydrogen) atoms. The van der Waals surface area contributed by atoms with Crippen LogP contribution in [0.25, 0.3) is 0 Å². The first-order chi connectivity index (χ1) is 4.63. The van der Waals surface area contributed by atoms with E-state index in [0.717, 1.165) is 0 Å². The van der Waals surface area contributed by atoms with E-state index >= 15 is 0 Å². The Hall–Kier alpha value is -0.380.